The Morgan fingerprint density at radius 3 is 2.46 bits per heavy atom. The zero-order valence-corrected chi connectivity index (χ0v) is 20.8. The molecule has 1 fully saturated rings. The van der Waals surface area contributed by atoms with Gasteiger partial charge < -0.3 is 19.1 Å². The number of nitrogens with one attached hydrogen (secondary N) is 1. The minimum Gasteiger partial charge on any atom is -0.482 e. The van der Waals surface area contributed by atoms with Gasteiger partial charge in [0.1, 0.15) is 11.9 Å². The van der Waals surface area contributed by atoms with E-state index >= 15 is 0 Å². The summed E-state index contributed by atoms with van der Waals surface area (Å²) in [4.78, 5) is 26.3. The molecule has 2 aromatic rings. The van der Waals surface area contributed by atoms with Gasteiger partial charge in [0.15, 0.2) is 0 Å². The van der Waals surface area contributed by atoms with E-state index in [4.69, 9.17) is 9.47 Å². The number of alkyl halides is 3. The van der Waals surface area contributed by atoms with Gasteiger partial charge in [0.2, 0.25) is 5.60 Å². The van der Waals surface area contributed by atoms with E-state index in [0.717, 1.165) is 37.8 Å². The van der Waals surface area contributed by atoms with E-state index < -0.39 is 23.8 Å². The summed E-state index contributed by atoms with van der Waals surface area (Å²) >= 11 is 0. The molecule has 1 heterocycles. The van der Waals surface area contributed by atoms with E-state index in [1.165, 1.54) is 19.3 Å². The van der Waals surface area contributed by atoms with Gasteiger partial charge in [-0.2, -0.15) is 13.2 Å². The molecule has 0 spiro atoms. The first-order valence-electron chi connectivity index (χ1n) is 11.9. The molecule has 1 aliphatic heterocycles. The quantitative estimate of drug-likeness (QED) is 0.366. The molecule has 198 valence electrons. The molecule has 0 saturated heterocycles. The Morgan fingerprint density at radius 2 is 1.84 bits per heavy atom. The number of nitrogens with zero attached hydrogens (tertiary/aromatic N) is 1. The molecule has 1 aliphatic carbocycles. The summed E-state index contributed by atoms with van der Waals surface area (Å²) in [5, 5.41) is 2.38. The fourth-order valence-electron chi connectivity index (χ4n) is 4.08. The standard InChI is InChI=1S/C27H29F3N2O5/c1-26(2,27(28,29)30)37-25(34)31-19-11-12-22-21(13-19)32(15-17-7-5-4-6-8-17)16-23(36-22)20(18-9-10-18)14-24(33)35-3/h4-8,11-14,18,23H,9-10,15-16H2,1-3H3,(H,31,34)/t23-/m1/s1. The van der Waals surface area contributed by atoms with Crippen molar-refractivity contribution in [1.29, 1.82) is 0 Å². The number of carbonyl (C=O) groups is 2. The van der Waals surface area contributed by atoms with Crippen LogP contribution in [-0.4, -0.2) is 43.6 Å². The Balaban J connectivity index is 1.61. The molecular formula is C27H29F3N2O5. The third-order valence-corrected chi connectivity index (χ3v) is 6.35. The zero-order valence-electron chi connectivity index (χ0n) is 20.8. The van der Waals surface area contributed by atoms with Crippen molar-refractivity contribution in [3.05, 3.63) is 65.7 Å². The molecule has 1 N–H and O–H groups in total. The van der Waals surface area contributed by atoms with Crippen LogP contribution in [0.2, 0.25) is 0 Å². The van der Waals surface area contributed by atoms with E-state index in [1.54, 1.807) is 12.1 Å². The summed E-state index contributed by atoms with van der Waals surface area (Å²) in [7, 11) is 1.33. The van der Waals surface area contributed by atoms with Crippen molar-refractivity contribution >= 4 is 23.4 Å². The molecule has 2 aliphatic rings. The van der Waals surface area contributed by atoms with Crippen LogP contribution >= 0.6 is 0 Å². The van der Waals surface area contributed by atoms with Gasteiger partial charge in [0.05, 0.1) is 19.3 Å². The molecule has 2 aromatic carbocycles. The second-order valence-electron chi connectivity index (χ2n) is 9.62. The molecule has 1 amide bonds. The largest absolute Gasteiger partial charge is 0.482 e. The SMILES string of the molecule is COC(=O)C=C(C1CC1)[C@H]1CN(Cc2ccccc2)c2cc(NC(=O)OC(C)(C)C(F)(F)F)ccc2O1. The number of halogens is 3. The van der Waals surface area contributed by atoms with Crippen molar-refractivity contribution in [3.63, 3.8) is 0 Å². The average molecular weight is 519 g/mol. The Kier molecular flexibility index (Phi) is 7.38. The van der Waals surface area contributed by atoms with Gasteiger partial charge in [-0.15, -0.1) is 0 Å². The maximum atomic E-state index is 13.1. The Morgan fingerprint density at radius 1 is 1.14 bits per heavy atom. The smallest absolute Gasteiger partial charge is 0.427 e. The fourth-order valence-corrected chi connectivity index (χ4v) is 4.08. The third kappa shape index (κ3) is 6.36. The summed E-state index contributed by atoms with van der Waals surface area (Å²) < 4.78 is 55.1. The summed E-state index contributed by atoms with van der Waals surface area (Å²) in [6.07, 6.45) is -2.89. The van der Waals surface area contributed by atoms with Crippen molar-refractivity contribution in [3.8, 4) is 5.75 Å². The van der Waals surface area contributed by atoms with Crippen LogP contribution in [0.15, 0.2) is 60.2 Å². The molecule has 1 saturated carbocycles. The minimum absolute atomic E-state index is 0.247. The number of benzene rings is 2. The van der Waals surface area contributed by atoms with Crippen LogP contribution in [0.1, 0.15) is 32.3 Å². The van der Waals surface area contributed by atoms with E-state index in [9.17, 15) is 22.8 Å². The second kappa shape index (κ2) is 10.4. The van der Waals surface area contributed by atoms with Crippen molar-refractivity contribution < 1.29 is 37.0 Å². The predicted octanol–water partition coefficient (Wildman–Crippen LogP) is 5.85. The summed E-state index contributed by atoms with van der Waals surface area (Å²) in [5.74, 6) is 0.334. The highest BCUT2D eigenvalue weighted by Gasteiger charge is 2.51. The number of carbonyl (C=O) groups excluding carboxylic acids is 2. The number of rotatable bonds is 7. The summed E-state index contributed by atoms with van der Waals surface area (Å²) in [5.41, 5.74) is 0.168. The number of ether oxygens (including phenoxy) is 3. The summed E-state index contributed by atoms with van der Waals surface area (Å²) in [6.45, 7) is 2.51. The maximum absolute atomic E-state index is 13.1. The van der Waals surface area contributed by atoms with Gasteiger partial charge in [-0.05, 0) is 61.9 Å². The first kappa shape index (κ1) is 26.4. The molecular weight excluding hydrogens is 489 g/mol. The van der Waals surface area contributed by atoms with Gasteiger partial charge >= 0.3 is 18.2 Å². The number of amides is 1. The number of methoxy groups -OCH3 is 1. The van der Waals surface area contributed by atoms with Crippen LogP contribution in [0.5, 0.6) is 5.75 Å². The van der Waals surface area contributed by atoms with E-state index in [-0.39, 0.29) is 17.7 Å². The monoisotopic (exact) mass is 518 g/mol. The second-order valence-corrected chi connectivity index (χ2v) is 9.62. The molecule has 37 heavy (non-hydrogen) atoms. The lowest BCUT2D eigenvalue weighted by atomic mass is 10.0. The molecule has 7 nitrogen and oxygen atoms in total. The minimum atomic E-state index is -4.72. The van der Waals surface area contributed by atoms with Gasteiger partial charge in [-0.3, -0.25) is 5.32 Å². The number of esters is 1. The van der Waals surface area contributed by atoms with Gasteiger partial charge in [-0.1, -0.05) is 30.3 Å². The number of hydrogen-bond acceptors (Lipinski definition) is 6. The maximum Gasteiger partial charge on any atom is 0.427 e. The first-order valence-corrected chi connectivity index (χ1v) is 11.9. The van der Waals surface area contributed by atoms with E-state index in [1.807, 2.05) is 30.3 Å². The van der Waals surface area contributed by atoms with Crippen LogP contribution in [0.3, 0.4) is 0 Å². The molecule has 1 atom stereocenters. The first-order chi connectivity index (χ1) is 17.5. The highest BCUT2D eigenvalue weighted by atomic mass is 19.4. The van der Waals surface area contributed by atoms with Crippen molar-refractivity contribution in [2.24, 2.45) is 5.92 Å². The molecule has 4 rings (SSSR count). The molecule has 0 bridgehead atoms. The molecule has 0 aromatic heterocycles. The zero-order chi connectivity index (χ0) is 26.8. The van der Waals surface area contributed by atoms with Gasteiger partial charge in [0, 0.05) is 18.3 Å². The topological polar surface area (TPSA) is 77.1 Å². The average Bonchev–Trinajstić information content (AvgIpc) is 3.67. The summed E-state index contributed by atoms with van der Waals surface area (Å²) in [6, 6.07) is 14.5. The van der Waals surface area contributed by atoms with Crippen molar-refractivity contribution in [2.45, 2.75) is 51.1 Å². The van der Waals surface area contributed by atoms with Gasteiger partial charge in [-0.25, -0.2) is 9.59 Å². The Labute approximate surface area is 213 Å². The Bertz CT molecular complexity index is 1180. The lowest BCUT2D eigenvalue weighted by molar-refractivity contribution is -0.242. The highest BCUT2D eigenvalue weighted by molar-refractivity contribution is 5.87. The van der Waals surface area contributed by atoms with Crippen molar-refractivity contribution in [1.82, 2.24) is 0 Å². The highest BCUT2D eigenvalue weighted by Crippen LogP contribution is 2.44. The molecule has 0 radical (unpaired) electrons. The van der Waals surface area contributed by atoms with E-state index in [0.29, 0.717) is 24.5 Å². The lowest BCUT2D eigenvalue weighted by Crippen LogP contribution is -2.44. The van der Waals surface area contributed by atoms with Crippen LogP contribution < -0.4 is 15.0 Å². The van der Waals surface area contributed by atoms with E-state index in [2.05, 4.69) is 15.0 Å². The van der Waals surface area contributed by atoms with Crippen LogP contribution in [0.4, 0.5) is 29.3 Å². The van der Waals surface area contributed by atoms with Crippen LogP contribution in [0.25, 0.3) is 0 Å². The number of fused-ring (bicyclic) bond motifs is 1. The molecule has 0 unspecified atom stereocenters. The third-order valence-electron chi connectivity index (χ3n) is 6.35. The number of hydrogen-bond donors (Lipinski definition) is 1. The Hall–Kier alpha value is -3.69. The number of anilines is 2. The normalized spacial score (nSPS) is 17.9. The van der Waals surface area contributed by atoms with Crippen LogP contribution in [-0.2, 0) is 20.8 Å². The van der Waals surface area contributed by atoms with Crippen molar-refractivity contribution in [2.75, 3.05) is 23.9 Å². The molecule has 10 heteroatoms. The predicted molar refractivity (Wildman–Crippen MR) is 131 cm³/mol. The lowest BCUT2D eigenvalue weighted by Gasteiger charge is -2.38. The van der Waals surface area contributed by atoms with Crippen LogP contribution in [0, 0.1) is 5.92 Å². The van der Waals surface area contributed by atoms with Gasteiger partial charge in [0.25, 0.3) is 0 Å². The fraction of sp³-hybridized carbons (Fsp3) is 0.407.